The molecule has 7 heteroatoms. The molecular weight excluding hydrogens is 296 g/mol. The van der Waals surface area contributed by atoms with E-state index in [0.717, 1.165) is 0 Å². The van der Waals surface area contributed by atoms with Crippen LogP contribution in [0.2, 0.25) is 0 Å². The topological polar surface area (TPSA) is 66.8 Å². The number of carbonyl (C=O) groups excluding carboxylic acids is 1. The number of hydrogen-bond acceptors (Lipinski definition) is 4. The summed E-state index contributed by atoms with van der Waals surface area (Å²) < 4.78 is 23.2. The van der Waals surface area contributed by atoms with Crippen molar-refractivity contribution in [2.45, 2.75) is 11.3 Å². The van der Waals surface area contributed by atoms with Crippen molar-refractivity contribution in [2.24, 2.45) is 4.99 Å². The average Bonchev–Trinajstić information content (AvgIpc) is 2.85. The van der Waals surface area contributed by atoms with E-state index < -0.39 is 9.84 Å². The van der Waals surface area contributed by atoms with Gasteiger partial charge >= 0.3 is 0 Å². The Kier molecular flexibility index (Phi) is 3.33. The zero-order valence-electron chi connectivity index (χ0n) is 10.9. The first-order valence-electron chi connectivity index (χ1n) is 6.24. The third-order valence-electron chi connectivity index (χ3n) is 3.55. The highest BCUT2D eigenvalue weighted by Crippen LogP contribution is 2.37. The first kappa shape index (κ1) is 13.6. The number of carbonyl (C=O) groups is 1. The Morgan fingerprint density at radius 1 is 1.30 bits per heavy atom. The summed E-state index contributed by atoms with van der Waals surface area (Å²) in [7, 11) is -1.14. The van der Waals surface area contributed by atoms with E-state index in [1.54, 1.807) is 31.3 Å². The molecule has 2 atom stereocenters. The van der Waals surface area contributed by atoms with E-state index in [1.807, 2.05) is 11.0 Å². The van der Waals surface area contributed by atoms with Crippen LogP contribution in [0.25, 0.3) is 0 Å². The first-order chi connectivity index (χ1) is 9.46. The molecule has 2 aliphatic rings. The van der Waals surface area contributed by atoms with Gasteiger partial charge in [-0.2, -0.15) is 4.99 Å². The normalized spacial score (nSPS) is 29.6. The van der Waals surface area contributed by atoms with Crippen molar-refractivity contribution in [3.63, 3.8) is 0 Å². The van der Waals surface area contributed by atoms with Gasteiger partial charge in [0, 0.05) is 17.9 Å². The second-order valence-corrected chi connectivity index (χ2v) is 8.34. The number of hydrogen-bond donors (Lipinski definition) is 0. The lowest BCUT2D eigenvalue weighted by Crippen LogP contribution is -2.34. The molecule has 2 fully saturated rings. The number of amides is 1. The summed E-state index contributed by atoms with van der Waals surface area (Å²) >= 11 is 1.39. The third-order valence-corrected chi connectivity index (χ3v) is 6.85. The monoisotopic (exact) mass is 310 g/mol. The molecular formula is C13H14N2O3S2. The van der Waals surface area contributed by atoms with E-state index in [2.05, 4.69) is 4.99 Å². The number of nitrogens with zero attached hydrogens (tertiary/aromatic N) is 2. The largest absolute Gasteiger partial charge is 0.349 e. The molecule has 0 aromatic heterocycles. The van der Waals surface area contributed by atoms with Crippen molar-refractivity contribution in [3.8, 4) is 0 Å². The number of amidine groups is 1. The molecule has 2 aliphatic heterocycles. The molecule has 0 unspecified atom stereocenters. The molecule has 0 bridgehead atoms. The predicted octanol–water partition coefficient (Wildman–Crippen LogP) is 1.03. The van der Waals surface area contributed by atoms with Gasteiger partial charge in [0.2, 0.25) is 0 Å². The van der Waals surface area contributed by atoms with Crippen LogP contribution >= 0.6 is 11.8 Å². The van der Waals surface area contributed by atoms with Gasteiger partial charge in [0.1, 0.15) is 0 Å². The summed E-state index contributed by atoms with van der Waals surface area (Å²) in [5.41, 5.74) is 0.540. The van der Waals surface area contributed by atoms with E-state index in [4.69, 9.17) is 0 Å². The van der Waals surface area contributed by atoms with E-state index in [0.29, 0.717) is 10.7 Å². The minimum Gasteiger partial charge on any atom is -0.349 e. The molecule has 1 aromatic carbocycles. The lowest BCUT2D eigenvalue weighted by atomic mass is 10.2. The molecule has 20 heavy (non-hydrogen) atoms. The number of benzene rings is 1. The minimum absolute atomic E-state index is 0.00711. The number of rotatable bonds is 1. The summed E-state index contributed by atoms with van der Waals surface area (Å²) in [6.45, 7) is 0. The van der Waals surface area contributed by atoms with Gasteiger partial charge in [0.25, 0.3) is 5.91 Å². The molecule has 0 aliphatic carbocycles. The fourth-order valence-corrected chi connectivity index (χ4v) is 6.46. The number of sulfone groups is 1. The lowest BCUT2D eigenvalue weighted by Gasteiger charge is -2.17. The van der Waals surface area contributed by atoms with Crippen LogP contribution in [0.5, 0.6) is 0 Å². The van der Waals surface area contributed by atoms with Crippen molar-refractivity contribution < 1.29 is 13.2 Å². The Labute approximate surface area is 122 Å². The highest BCUT2D eigenvalue weighted by Gasteiger charge is 2.47. The molecule has 3 rings (SSSR count). The first-order valence-corrected chi connectivity index (χ1v) is 8.94. The standard InChI is InChI=1S/C13H14N2O3S2/c1-15-10-7-20(17,18)8-11(10)19-13(15)14-12(16)9-5-3-2-4-6-9/h2-6,10-11H,7-8H2,1H3/t10-,11-/m1/s1. The van der Waals surface area contributed by atoms with Crippen LogP contribution in [-0.4, -0.2) is 54.2 Å². The van der Waals surface area contributed by atoms with Crippen molar-refractivity contribution in [1.29, 1.82) is 0 Å². The van der Waals surface area contributed by atoms with Gasteiger partial charge in [-0.3, -0.25) is 4.79 Å². The van der Waals surface area contributed by atoms with E-state index in [9.17, 15) is 13.2 Å². The number of thioether (sulfide) groups is 1. The molecule has 106 valence electrons. The summed E-state index contributed by atoms with van der Waals surface area (Å²) in [4.78, 5) is 18.0. The highest BCUT2D eigenvalue weighted by molar-refractivity contribution is 8.15. The predicted molar refractivity (Wildman–Crippen MR) is 79.8 cm³/mol. The van der Waals surface area contributed by atoms with Crippen LogP contribution in [-0.2, 0) is 9.84 Å². The van der Waals surface area contributed by atoms with E-state index in [1.165, 1.54) is 11.8 Å². The van der Waals surface area contributed by atoms with Crippen molar-refractivity contribution in [2.75, 3.05) is 18.6 Å². The Balaban J connectivity index is 1.80. The molecule has 0 saturated carbocycles. The average molecular weight is 310 g/mol. The Morgan fingerprint density at radius 2 is 2.00 bits per heavy atom. The van der Waals surface area contributed by atoms with Gasteiger partial charge in [0.15, 0.2) is 15.0 Å². The summed E-state index contributed by atoms with van der Waals surface area (Å²) in [6, 6.07) is 8.80. The highest BCUT2D eigenvalue weighted by atomic mass is 32.2. The van der Waals surface area contributed by atoms with E-state index >= 15 is 0 Å². The minimum atomic E-state index is -2.94. The Bertz CT molecular complexity index is 670. The third kappa shape index (κ3) is 2.47. The second-order valence-electron chi connectivity index (χ2n) is 4.98. The molecule has 2 saturated heterocycles. The van der Waals surface area contributed by atoms with Crippen LogP contribution < -0.4 is 0 Å². The van der Waals surface area contributed by atoms with Gasteiger partial charge in [0.05, 0.1) is 17.5 Å². The summed E-state index contributed by atoms with van der Waals surface area (Å²) in [5, 5.41) is 0.607. The lowest BCUT2D eigenvalue weighted by molar-refractivity contribution is 0.100. The molecule has 1 aromatic rings. The quantitative estimate of drug-likeness (QED) is 0.775. The number of fused-ring (bicyclic) bond motifs is 1. The molecule has 0 N–H and O–H groups in total. The number of aliphatic imine (C=N–C) groups is 1. The van der Waals surface area contributed by atoms with Crippen molar-refractivity contribution in [3.05, 3.63) is 35.9 Å². The fourth-order valence-electron chi connectivity index (χ4n) is 2.47. The van der Waals surface area contributed by atoms with Crippen LogP contribution in [0.1, 0.15) is 10.4 Å². The molecule has 2 heterocycles. The fraction of sp³-hybridized carbons (Fsp3) is 0.385. The second kappa shape index (κ2) is 4.89. The smallest absolute Gasteiger partial charge is 0.279 e. The van der Waals surface area contributed by atoms with Crippen LogP contribution in [0.4, 0.5) is 0 Å². The van der Waals surface area contributed by atoms with Gasteiger partial charge in [-0.15, -0.1) is 0 Å². The van der Waals surface area contributed by atoms with E-state index in [-0.39, 0.29) is 28.7 Å². The Morgan fingerprint density at radius 3 is 2.65 bits per heavy atom. The van der Waals surface area contributed by atoms with Gasteiger partial charge in [-0.25, -0.2) is 8.42 Å². The molecule has 1 amide bonds. The maximum atomic E-state index is 12.0. The molecule has 0 spiro atoms. The van der Waals surface area contributed by atoms with Gasteiger partial charge in [-0.05, 0) is 12.1 Å². The van der Waals surface area contributed by atoms with Crippen LogP contribution in [0.15, 0.2) is 35.3 Å². The maximum absolute atomic E-state index is 12.0. The zero-order chi connectivity index (χ0) is 14.3. The van der Waals surface area contributed by atoms with Crippen molar-refractivity contribution >= 4 is 32.7 Å². The zero-order valence-corrected chi connectivity index (χ0v) is 12.5. The SMILES string of the molecule is CN1C(=NC(=O)c2ccccc2)S[C@@H]2CS(=O)(=O)C[C@H]21. The summed E-state index contributed by atoms with van der Waals surface area (Å²) in [6.07, 6.45) is 0. The maximum Gasteiger partial charge on any atom is 0.279 e. The van der Waals surface area contributed by atoms with Crippen LogP contribution in [0, 0.1) is 0 Å². The van der Waals surface area contributed by atoms with Gasteiger partial charge < -0.3 is 4.90 Å². The summed E-state index contributed by atoms with van der Waals surface area (Å²) in [5.74, 6) is 0.0352. The van der Waals surface area contributed by atoms with Gasteiger partial charge in [-0.1, -0.05) is 30.0 Å². The van der Waals surface area contributed by atoms with Crippen molar-refractivity contribution in [1.82, 2.24) is 4.90 Å². The molecule has 0 radical (unpaired) electrons. The van der Waals surface area contributed by atoms with Crippen LogP contribution in [0.3, 0.4) is 0 Å². The molecule has 5 nitrogen and oxygen atoms in total. The Hall–Kier alpha value is -1.34.